The van der Waals surface area contributed by atoms with Gasteiger partial charge in [0.05, 0.1) is 26.2 Å². The van der Waals surface area contributed by atoms with Gasteiger partial charge in [-0.3, -0.25) is 9.59 Å². The van der Waals surface area contributed by atoms with E-state index in [1.807, 2.05) is 6.92 Å². The monoisotopic (exact) mass is 583 g/mol. The summed E-state index contributed by atoms with van der Waals surface area (Å²) in [5.74, 6) is -2.03. The van der Waals surface area contributed by atoms with Crippen molar-refractivity contribution in [2.24, 2.45) is 0 Å². The van der Waals surface area contributed by atoms with Crippen molar-refractivity contribution in [2.75, 3.05) is 11.9 Å². The number of nitrogens with one attached hydrogen (secondary N) is 2. The SMILES string of the molecule is [B]C([B])(NC(=O)c1nc(C(=O)N2CCC[C@@H]2C)c(-c2cnc(N[C@@H](CC)C(F)(F)F)cc2C(F)F)s1)C(C)(C)O. The average molecular weight is 583 g/mol. The maximum absolute atomic E-state index is 14.2. The van der Waals surface area contributed by atoms with E-state index in [1.165, 1.54) is 25.7 Å². The van der Waals surface area contributed by atoms with Crippen molar-refractivity contribution in [1.82, 2.24) is 20.2 Å². The van der Waals surface area contributed by atoms with Crippen molar-refractivity contribution in [1.29, 1.82) is 0 Å². The molecule has 2 aromatic heterocycles. The molecule has 4 radical (unpaired) electrons. The molecule has 2 atom stereocenters. The number of carbonyl (C=O) groups excluding carboxylic acids is 2. The second kappa shape index (κ2) is 11.6. The van der Waals surface area contributed by atoms with Gasteiger partial charge in [0, 0.05) is 29.9 Å². The number of thiazole rings is 1. The second-order valence-corrected chi connectivity index (χ2v) is 11.2. The van der Waals surface area contributed by atoms with E-state index in [-0.39, 0.29) is 33.6 Å². The first-order valence-corrected chi connectivity index (χ1v) is 13.2. The Morgan fingerprint density at radius 3 is 2.42 bits per heavy atom. The molecule has 1 aliphatic heterocycles. The molecule has 0 aliphatic carbocycles. The standard InChI is InChI=1S/C24H28B2F5N5O3S/c1-5-14(23(29,30)31)33-15-9-12(18(27)28)13(10-32-15)17-16(21(38)36-8-6-7-11(36)2)34-20(40-17)19(37)35-24(25,26)22(3,4)39/h9-11,14,18,39H,5-8H2,1-4H3,(H,32,33)(H,35,37)/t11-,14-/m0/s1. The summed E-state index contributed by atoms with van der Waals surface area (Å²) in [5, 5.41) is 12.0. The van der Waals surface area contributed by atoms with Crippen LogP contribution in [0.5, 0.6) is 0 Å². The Morgan fingerprint density at radius 2 is 1.93 bits per heavy atom. The van der Waals surface area contributed by atoms with Crippen LogP contribution < -0.4 is 10.6 Å². The summed E-state index contributed by atoms with van der Waals surface area (Å²) >= 11 is 0.583. The lowest BCUT2D eigenvalue weighted by Crippen LogP contribution is -2.63. The first-order valence-electron chi connectivity index (χ1n) is 12.4. The number of alkyl halides is 5. The summed E-state index contributed by atoms with van der Waals surface area (Å²) in [6.07, 6.45) is -5.86. The number of hydrogen-bond donors (Lipinski definition) is 3. The maximum atomic E-state index is 14.2. The molecule has 3 heterocycles. The van der Waals surface area contributed by atoms with Crippen LogP contribution in [0.3, 0.4) is 0 Å². The zero-order valence-corrected chi connectivity index (χ0v) is 23.1. The molecular formula is C24H28B2F5N5O3S. The third-order valence-corrected chi connectivity index (χ3v) is 7.80. The Balaban J connectivity index is 2.12. The van der Waals surface area contributed by atoms with Gasteiger partial charge in [0.1, 0.15) is 17.6 Å². The molecule has 2 aromatic rings. The van der Waals surface area contributed by atoms with Gasteiger partial charge in [-0.05, 0) is 51.4 Å². The topological polar surface area (TPSA) is 107 Å². The lowest BCUT2D eigenvalue weighted by molar-refractivity contribution is -0.142. The third kappa shape index (κ3) is 6.76. The number of halogens is 5. The Labute approximate surface area is 235 Å². The lowest BCUT2D eigenvalue weighted by atomic mass is 9.54. The highest BCUT2D eigenvalue weighted by molar-refractivity contribution is 7.17. The van der Waals surface area contributed by atoms with Crippen LogP contribution in [-0.4, -0.2) is 83.2 Å². The molecule has 40 heavy (non-hydrogen) atoms. The van der Waals surface area contributed by atoms with Gasteiger partial charge in [-0.15, -0.1) is 11.3 Å². The Morgan fingerprint density at radius 1 is 1.27 bits per heavy atom. The molecule has 16 heteroatoms. The van der Waals surface area contributed by atoms with Gasteiger partial charge in [0.25, 0.3) is 18.2 Å². The first-order chi connectivity index (χ1) is 18.4. The van der Waals surface area contributed by atoms with Crippen molar-refractivity contribution in [3.63, 3.8) is 0 Å². The number of nitrogens with zero attached hydrogens (tertiary/aromatic N) is 3. The van der Waals surface area contributed by atoms with Crippen LogP contribution in [0.4, 0.5) is 27.8 Å². The molecule has 214 valence electrons. The molecule has 2 amide bonds. The largest absolute Gasteiger partial charge is 0.408 e. The number of anilines is 1. The predicted molar refractivity (Wildman–Crippen MR) is 142 cm³/mol. The molecule has 1 aliphatic rings. The van der Waals surface area contributed by atoms with Crippen LogP contribution in [0.25, 0.3) is 10.4 Å². The number of aliphatic hydroxyl groups is 1. The number of pyridine rings is 1. The smallest absolute Gasteiger partial charge is 0.390 e. The molecule has 0 unspecified atom stereocenters. The number of likely N-dealkylation sites (tertiary alicyclic amines) is 1. The minimum absolute atomic E-state index is 0.130. The van der Waals surface area contributed by atoms with Crippen LogP contribution in [0.15, 0.2) is 12.3 Å². The molecule has 0 saturated carbocycles. The van der Waals surface area contributed by atoms with Crippen molar-refractivity contribution in [3.05, 3.63) is 28.5 Å². The summed E-state index contributed by atoms with van der Waals surface area (Å²) in [6, 6.07) is -1.42. The van der Waals surface area contributed by atoms with Gasteiger partial charge >= 0.3 is 6.18 Å². The van der Waals surface area contributed by atoms with Crippen LogP contribution in [0.1, 0.15) is 79.2 Å². The highest BCUT2D eigenvalue weighted by Crippen LogP contribution is 2.39. The molecule has 0 spiro atoms. The Bertz CT molecular complexity index is 1250. The Kier molecular flexibility index (Phi) is 9.24. The minimum Gasteiger partial charge on any atom is -0.390 e. The van der Waals surface area contributed by atoms with Gasteiger partial charge < -0.3 is 20.6 Å². The fraction of sp³-hybridized carbons (Fsp3) is 0.583. The molecule has 3 rings (SSSR count). The number of carbonyl (C=O) groups is 2. The van der Waals surface area contributed by atoms with E-state index < -0.39 is 52.8 Å². The number of aromatic nitrogens is 2. The van der Waals surface area contributed by atoms with E-state index in [0.29, 0.717) is 30.7 Å². The number of rotatable bonds is 9. The predicted octanol–water partition coefficient (Wildman–Crippen LogP) is 4.01. The van der Waals surface area contributed by atoms with Gasteiger partial charge in [-0.25, -0.2) is 18.7 Å². The highest BCUT2D eigenvalue weighted by Gasteiger charge is 2.40. The van der Waals surface area contributed by atoms with E-state index in [0.717, 1.165) is 12.3 Å². The van der Waals surface area contributed by atoms with E-state index in [9.17, 15) is 36.6 Å². The summed E-state index contributed by atoms with van der Waals surface area (Å²) in [7, 11) is 11.7. The van der Waals surface area contributed by atoms with E-state index >= 15 is 0 Å². The zero-order valence-electron chi connectivity index (χ0n) is 22.3. The molecular weight excluding hydrogens is 555 g/mol. The normalized spacial score (nSPS) is 17.3. The van der Waals surface area contributed by atoms with Gasteiger partial charge in [0.2, 0.25) is 0 Å². The summed E-state index contributed by atoms with van der Waals surface area (Å²) < 4.78 is 68.2. The summed E-state index contributed by atoms with van der Waals surface area (Å²) in [6.45, 7) is 5.97. The van der Waals surface area contributed by atoms with Crippen molar-refractivity contribution >= 4 is 44.7 Å². The van der Waals surface area contributed by atoms with Crippen LogP contribution >= 0.6 is 11.3 Å². The van der Waals surface area contributed by atoms with Gasteiger partial charge in [0.15, 0.2) is 5.01 Å². The van der Waals surface area contributed by atoms with Crippen molar-refractivity contribution in [3.8, 4) is 10.4 Å². The molecule has 0 aromatic carbocycles. The highest BCUT2D eigenvalue weighted by atomic mass is 32.1. The molecule has 1 saturated heterocycles. The summed E-state index contributed by atoms with van der Waals surface area (Å²) in [4.78, 5) is 35.9. The molecule has 0 bridgehead atoms. The minimum atomic E-state index is -4.64. The fourth-order valence-corrected chi connectivity index (χ4v) is 5.01. The van der Waals surface area contributed by atoms with Gasteiger partial charge in [-0.1, -0.05) is 6.92 Å². The quantitative estimate of drug-likeness (QED) is 0.305. The van der Waals surface area contributed by atoms with E-state index in [4.69, 9.17) is 15.7 Å². The van der Waals surface area contributed by atoms with Gasteiger partial charge in [-0.2, -0.15) is 13.2 Å². The lowest BCUT2D eigenvalue weighted by Gasteiger charge is -2.39. The zero-order chi connectivity index (χ0) is 30.2. The van der Waals surface area contributed by atoms with Crippen LogP contribution in [0.2, 0.25) is 0 Å². The number of amides is 2. The second-order valence-electron chi connectivity index (χ2n) is 10.2. The fourth-order valence-electron chi connectivity index (χ4n) is 4.02. The van der Waals surface area contributed by atoms with Crippen LogP contribution in [-0.2, 0) is 0 Å². The average Bonchev–Trinajstić information content (AvgIpc) is 3.47. The molecule has 8 nitrogen and oxygen atoms in total. The third-order valence-electron chi connectivity index (χ3n) is 6.71. The van der Waals surface area contributed by atoms with Crippen molar-refractivity contribution < 1.29 is 36.6 Å². The Hall–Kier alpha value is -2.74. The molecule has 1 fully saturated rings. The van der Waals surface area contributed by atoms with E-state index in [1.54, 1.807) is 0 Å². The molecule has 3 N–H and O–H groups in total. The maximum Gasteiger partial charge on any atom is 0.408 e. The van der Waals surface area contributed by atoms with Crippen LogP contribution in [0, 0.1) is 0 Å². The number of hydrogen-bond acceptors (Lipinski definition) is 7. The van der Waals surface area contributed by atoms with Crippen molar-refractivity contribution in [2.45, 2.75) is 82.6 Å². The van der Waals surface area contributed by atoms with E-state index in [2.05, 4.69) is 20.6 Å². The summed E-state index contributed by atoms with van der Waals surface area (Å²) in [5.41, 5.74) is -3.08. The first kappa shape index (κ1) is 31.8.